The number of guanidine groups is 1. The molecule has 1 N–H and O–H groups in total. The van der Waals surface area contributed by atoms with E-state index in [1.807, 2.05) is 25.1 Å². The Balaban J connectivity index is 1.93. The van der Waals surface area contributed by atoms with Crippen LogP contribution in [-0.4, -0.2) is 44.9 Å². The molecule has 2 heterocycles. The molecular formula is C16H27N7O. The molecule has 0 saturated heterocycles. The van der Waals surface area contributed by atoms with Crippen LogP contribution in [0.1, 0.15) is 49.9 Å². The molecule has 8 heteroatoms. The fraction of sp³-hybridized carbons (Fsp3) is 0.625. The van der Waals surface area contributed by atoms with Crippen LogP contribution in [0.25, 0.3) is 0 Å². The molecule has 0 spiro atoms. The molecule has 0 unspecified atom stereocenters. The van der Waals surface area contributed by atoms with Crippen LogP contribution in [0.3, 0.4) is 0 Å². The highest BCUT2D eigenvalue weighted by Crippen LogP contribution is 2.22. The first kappa shape index (κ1) is 18.0. The standard InChI is InChI=1S/C16H27N7O/c1-6-12(7-2)14-8-13(24-21-14)9-18-16(17-3)22(4)10-15-19-11-20-23(15)5/h8,11-12H,6-7,9-10H2,1-5H3,(H,17,18). The molecule has 0 aliphatic heterocycles. The summed E-state index contributed by atoms with van der Waals surface area (Å²) in [6.45, 7) is 5.50. The zero-order valence-electron chi connectivity index (χ0n) is 15.2. The van der Waals surface area contributed by atoms with Gasteiger partial charge in [0, 0.05) is 33.1 Å². The van der Waals surface area contributed by atoms with E-state index in [1.165, 1.54) is 0 Å². The molecule has 0 fully saturated rings. The summed E-state index contributed by atoms with van der Waals surface area (Å²) in [5.74, 6) is 2.90. The number of aryl methyl sites for hydroxylation is 1. The predicted molar refractivity (Wildman–Crippen MR) is 92.5 cm³/mol. The number of aromatic nitrogens is 4. The molecule has 0 amide bonds. The van der Waals surface area contributed by atoms with Crippen molar-refractivity contribution in [3.63, 3.8) is 0 Å². The lowest BCUT2D eigenvalue weighted by Gasteiger charge is -2.20. The van der Waals surface area contributed by atoms with Gasteiger partial charge in [-0.05, 0) is 12.8 Å². The maximum Gasteiger partial charge on any atom is 0.194 e. The molecule has 0 aliphatic carbocycles. The van der Waals surface area contributed by atoms with Gasteiger partial charge in [0.1, 0.15) is 12.2 Å². The van der Waals surface area contributed by atoms with Crippen molar-refractivity contribution in [1.29, 1.82) is 0 Å². The number of aliphatic imine (C=N–C) groups is 1. The SMILES string of the molecule is CCC(CC)c1cc(CNC(=NC)N(C)Cc2ncnn2C)on1. The first-order chi connectivity index (χ1) is 11.6. The molecule has 0 aliphatic rings. The molecule has 0 bridgehead atoms. The van der Waals surface area contributed by atoms with Crippen LogP contribution in [0.4, 0.5) is 0 Å². The summed E-state index contributed by atoms with van der Waals surface area (Å²) in [6, 6.07) is 2.03. The van der Waals surface area contributed by atoms with Crippen molar-refractivity contribution in [2.45, 2.75) is 45.7 Å². The van der Waals surface area contributed by atoms with Crippen LogP contribution in [0.5, 0.6) is 0 Å². The minimum atomic E-state index is 0.459. The number of nitrogens with zero attached hydrogens (tertiary/aromatic N) is 6. The molecule has 8 nitrogen and oxygen atoms in total. The van der Waals surface area contributed by atoms with Crippen molar-refractivity contribution in [2.75, 3.05) is 14.1 Å². The Bertz CT molecular complexity index is 657. The average molecular weight is 333 g/mol. The van der Waals surface area contributed by atoms with Gasteiger partial charge in [-0.25, -0.2) is 4.98 Å². The maximum atomic E-state index is 5.44. The van der Waals surface area contributed by atoms with Gasteiger partial charge in [0.2, 0.25) is 0 Å². The second-order valence-electron chi connectivity index (χ2n) is 5.79. The average Bonchev–Trinajstić information content (AvgIpc) is 3.19. The quantitative estimate of drug-likeness (QED) is 0.615. The highest BCUT2D eigenvalue weighted by atomic mass is 16.5. The molecule has 0 radical (unpaired) electrons. The summed E-state index contributed by atoms with van der Waals surface area (Å²) < 4.78 is 7.19. The molecular weight excluding hydrogens is 306 g/mol. The predicted octanol–water partition coefficient (Wildman–Crippen LogP) is 1.91. The summed E-state index contributed by atoms with van der Waals surface area (Å²) in [5.41, 5.74) is 1.03. The van der Waals surface area contributed by atoms with E-state index in [4.69, 9.17) is 4.52 Å². The van der Waals surface area contributed by atoms with Crippen molar-refractivity contribution >= 4 is 5.96 Å². The van der Waals surface area contributed by atoms with E-state index < -0.39 is 0 Å². The summed E-state index contributed by atoms with van der Waals surface area (Å²) in [4.78, 5) is 10.5. The number of rotatable bonds is 7. The van der Waals surface area contributed by atoms with Gasteiger partial charge < -0.3 is 14.7 Å². The molecule has 0 atom stereocenters. The second-order valence-corrected chi connectivity index (χ2v) is 5.79. The van der Waals surface area contributed by atoms with Gasteiger partial charge in [-0.15, -0.1) is 0 Å². The third-order valence-electron chi connectivity index (χ3n) is 4.16. The molecule has 0 saturated carbocycles. The van der Waals surface area contributed by atoms with E-state index in [1.54, 1.807) is 18.1 Å². The fourth-order valence-corrected chi connectivity index (χ4v) is 2.61. The third kappa shape index (κ3) is 4.33. The smallest absolute Gasteiger partial charge is 0.194 e. The first-order valence-corrected chi connectivity index (χ1v) is 8.29. The number of hydrogen-bond acceptors (Lipinski definition) is 5. The van der Waals surface area contributed by atoms with Gasteiger partial charge in [-0.2, -0.15) is 5.10 Å². The largest absolute Gasteiger partial charge is 0.359 e. The van der Waals surface area contributed by atoms with E-state index in [2.05, 4.69) is 39.4 Å². The van der Waals surface area contributed by atoms with Crippen LogP contribution in [-0.2, 0) is 20.1 Å². The van der Waals surface area contributed by atoms with Crippen molar-refractivity contribution in [3.05, 3.63) is 29.7 Å². The van der Waals surface area contributed by atoms with Crippen LogP contribution >= 0.6 is 0 Å². The normalized spacial score (nSPS) is 12.0. The van der Waals surface area contributed by atoms with Crippen molar-refractivity contribution in [3.8, 4) is 0 Å². The Morgan fingerprint density at radius 1 is 1.42 bits per heavy atom. The first-order valence-electron chi connectivity index (χ1n) is 8.29. The fourth-order valence-electron chi connectivity index (χ4n) is 2.61. The van der Waals surface area contributed by atoms with Crippen molar-refractivity contribution in [2.24, 2.45) is 12.0 Å². The number of hydrogen-bond donors (Lipinski definition) is 1. The monoisotopic (exact) mass is 333 g/mol. The lowest BCUT2D eigenvalue weighted by atomic mass is 9.99. The zero-order chi connectivity index (χ0) is 17.5. The van der Waals surface area contributed by atoms with Crippen molar-refractivity contribution < 1.29 is 4.52 Å². The van der Waals surface area contributed by atoms with E-state index in [0.717, 1.165) is 36.1 Å². The highest BCUT2D eigenvalue weighted by molar-refractivity contribution is 5.79. The Morgan fingerprint density at radius 3 is 2.75 bits per heavy atom. The second kappa shape index (κ2) is 8.47. The van der Waals surface area contributed by atoms with Crippen LogP contribution < -0.4 is 5.32 Å². The lowest BCUT2D eigenvalue weighted by molar-refractivity contribution is 0.364. The molecule has 2 aromatic rings. The van der Waals surface area contributed by atoms with Crippen LogP contribution in [0, 0.1) is 0 Å². The lowest BCUT2D eigenvalue weighted by Crippen LogP contribution is -2.38. The Morgan fingerprint density at radius 2 is 2.17 bits per heavy atom. The minimum absolute atomic E-state index is 0.459. The van der Waals surface area contributed by atoms with Crippen molar-refractivity contribution in [1.82, 2.24) is 30.1 Å². The van der Waals surface area contributed by atoms with E-state index in [9.17, 15) is 0 Å². The molecule has 132 valence electrons. The summed E-state index contributed by atoms with van der Waals surface area (Å²) in [6.07, 6.45) is 3.68. The van der Waals surface area contributed by atoms with E-state index in [-0.39, 0.29) is 0 Å². The third-order valence-corrected chi connectivity index (χ3v) is 4.16. The van der Waals surface area contributed by atoms with Gasteiger partial charge in [-0.3, -0.25) is 9.67 Å². The van der Waals surface area contributed by atoms with Gasteiger partial charge >= 0.3 is 0 Å². The summed E-state index contributed by atoms with van der Waals surface area (Å²) >= 11 is 0. The Kier molecular flexibility index (Phi) is 6.34. The van der Waals surface area contributed by atoms with E-state index >= 15 is 0 Å². The Labute approximate surface area is 143 Å². The van der Waals surface area contributed by atoms with Crippen LogP contribution in [0.2, 0.25) is 0 Å². The van der Waals surface area contributed by atoms with Crippen LogP contribution in [0.15, 0.2) is 21.9 Å². The van der Waals surface area contributed by atoms with E-state index in [0.29, 0.717) is 19.0 Å². The summed E-state index contributed by atoms with van der Waals surface area (Å²) in [7, 11) is 5.59. The maximum absolute atomic E-state index is 5.44. The molecule has 24 heavy (non-hydrogen) atoms. The summed E-state index contributed by atoms with van der Waals surface area (Å²) in [5, 5.41) is 11.6. The highest BCUT2D eigenvalue weighted by Gasteiger charge is 2.14. The van der Waals surface area contributed by atoms with Gasteiger partial charge in [0.05, 0.1) is 18.8 Å². The molecule has 0 aromatic carbocycles. The zero-order valence-corrected chi connectivity index (χ0v) is 15.2. The van der Waals surface area contributed by atoms with Gasteiger partial charge in [-0.1, -0.05) is 19.0 Å². The Hall–Kier alpha value is -2.38. The van der Waals surface area contributed by atoms with Gasteiger partial charge in [0.15, 0.2) is 11.7 Å². The topological polar surface area (TPSA) is 84.4 Å². The minimum Gasteiger partial charge on any atom is -0.359 e. The molecule has 2 aromatic heterocycles. The number of nitrogens with one attached hydrogen (secondary N) is 1. The molecule has 2 rings (SSSR count). The van der Waals surface area contributed by atoms with Gasteiger partial charge in [0.25, 0.3) is 0 Å².